The predicted molar refractivity (Wildman–Crippen MR) is 95.5 cm³/mol. The van der Waals surface area contributed by atoms with E-state index in [1.54, 1.807) is 0 Å². The largest absolute Gasteiger partial charge is 0.465 e. The third kappa shape index (κ3) is 6.66. The van der Waals surface area contributed by atoms with E-state index in [2.05, 4.69) is 6.92 Å². The fraction of sp³-hybridized carbons (Fsp3) is 0.800. The van der Waals surface area contributed by atoms with Crippen LogP contribution in [0, 0.1) is 17.8 Å². The van der Waals surface area contributed by atoms with Gasteiger partial charge in [-0.3, -0.25) is 9.59 Å². The highest BCUT2D eigenvalue weighted by Crippen LogP contribution is 2.29. The van der Waals surface area contributed by atoms with Gasteiger partial charge in [-0.15, -0.1) is 0 Å². The maximum Gasteiger partial charge on any atom is 0.310 e. The van der Waals surface area contributed by atoms with Crippen LogP contribution in [-0.4, -0.2) is 24.6 Å². The Morgan fingerprint density at radius 1 is 1.00 bits per heavy atom. The van der Waals surface area contributed by atoms with Crippen LogP contribution in [0.25, 0.3) is 0 Å². The van der Waals surface area contributed by atoms with Crippen LogP contribution in [0.3, 0.4) is 0 Å². The standard InChI is InChI=1S/C20H34O4/c1-5-7-8-11-14-23-19(21)16-12-9-10-13-17(16)20(22)24-18(6-2)15(3)4/h9-10,15-18H,5-8,11-14H2,1-4H3. The Hall–Kier alpha value is -1.32. The highest BCUT2D eigenvalue weighted by Gasteiger charge is 2.37. The van der Waals surface area contributed by atoms with Gasteiger partial charge in [-0.05, 0) is 31.6 Å². The van der Waals surface area contributed by atoms with E-state index in [0.717, 1.165) is 32.1 Å². The fourth-order valence-electron chi connectivity index (χ4n) is 3.07. The van der Waals surface area contributed by atoms with Crippen LogP contribution in [0.15, 0.2) is 12.2 Å². The molecule has 24 heavy (non-hydrogen) atoms. The van der Waals surface area contributed by atoms with E-state index in [0.29, 0.717) is 19.4 Å². The van der Waals surface area contributed by atoms with E-state index >= 15 is 0 Å². The monoisotopic (exact) mass is 338 g/mol. The molecule has 0 aliphatic heterocycles. The molecule has 138 valence electrons. The third-order valence-corrected chi connectivity index (χ3v) is 4.69. The van der Waals surface area contributed by atoms with Crippen LogP contribution < -0.4 is 0 Å². The van der Waals surface area contributed by atoms with Gasteiger partial charge in [0.05, 0.1) is 18.4 Å². The minimum absolute atomic E-state index is 0.0888. The maximum absolute atomic E-state index is 12.5. The Morgan fingerprint density at radius 3 is 2.17 bits per heavy atom. The molecule has 3 atom stereocenters. The summed E-state index contributed by atoms with van der Waals surface area (Å²) in [6.45, 7) is 8.71. The van der Waals surface area contributed by atoms with Gasteiger partial charge in [0.25, 0.3) is 0 Å². The zero-order valence-corrected chi connectivity index (χ0v) is 15.8. The minimum Gasteiger partial charge on any atom is -0.465 e. The molecular weight excluding hydrogens is 304 g/mol. The molecule has 0 bridgehead atoms. The maximum atomic E-state index is 12.5. The van der Waals surface area contributed by atoms with Gasteiger partial charge in [0.2, 0.25) is 0 Å². The van der Waals surface area contributed by atoms with E-state index in [9.17, 15) is 9.59 Å². The lowest BCUT2D eigenvalue weighted by Crippen LogP contribution is -2.36. The first-order valence-corrected chi connectivity index (χ1v) is 9.53. The first-order valence-electron chi connectivity index (χ1n) is 9.53. The summed E-state index contributed by atoms with van der Waals surface area (Å²) in [7, 11) is 0. The zero-order valence-electron chi connectivity index (χ0n) is 15.8. The van der Waals surface area contributed by atoms with Crippen molar-refractivity contribution < 1.29 is 19.1 Å². The summed E-state index contributed by atoms with van der Waals surface area (Å²) in [6, 6.07) is 0. The van der Waals surface area contributed by atoms with Crippen LogP contribution in [0.4, 0.5) is 0 Å². The average molecular weight is 338 g/mol. The number of carbonyl (C=O) groups is 2. The Morgan fingerprint density at radius 2 is 1.62 bits per heavy atom. The van der Waals surface area contributed by atoms with E-state index in [1.165, 1.54) is 0 Å². The number of rotatable bonds is 10. The molecule has 0 saturated carbocycles. The molecule has 0 heterocycles. The van der Waals surface area contributed by atoms with Gasteiger partial charge in [0, 0.05) is 0 Å². The number of allylic oxidation sites excluding steroid dienone is 2. The number of ether oxygens (including phenoxy) is 2. The minimum atomic E-state index is -0.411. The molecule has 0 aromatic heterocycles. The number of esters is 2. The van der Waals surface area contributed by atoms with Crippen LogP contribution in [-0.2, 0) is 19.1 Å². The van der Waals surface area contributed by atoms with Gasteiger partial charge in [-0.1, -0.05) is 59.1 Å². The van der Waals surface area contributed by atoms with E-state index in [4.69, 9.17) is 9.47 Å². The van der Waals surface area contributed by atoms with Crippen molar-refractivity contribution in [2.24, 2.45) is 17.8 Å². The molecule has 0 spiro atoms. The summed E-state index contributed by atoms with van der Waals surface area (Å²) in [5, 5.41) is 0. The van der Waals surface area contributed by atoms with Crippen molar-refractivity contribution in [3.05, 3.63) is 12.2 Å². The molecule has 1 rings (SSSR count). The smallest absolute Gasteiger partial charge is 0.310 e. The molecule has 0 amide bonds. The van der Waals surface area contributed by atoms with Crippen molar-refractivity contribution in [3.8, 4) is 0 Å². The van der Waals surface area contributed by atoms with E-state index < -0.39 is 11.8 Å². The third-order valence-electron chi connectivity index (χ3n) is 4.69. The van der Waals surface area contributed by atoms with Crippen molar-refractivity contribution in [1.82, 2.24) is 0 Å². The van der Waals surface area contributed by atoms with Crippen molar-refractivity contribution in [2.75, 3.05) is 6.61 Å². The highest BCUT2D eigenvalue weighted by atomic mass is 16.5. The molecule has 3 unspecified atom stereocenters. The second kappa shape index (κ2) is 11.3. The Kier molecular flexibility index (Phi) is 9.73. The topological polar surface area (TPSA) is 52.6 Å². The fourth-order valence-corrected chi connectivity index (χ4v) is 3.07. The number of unbranched alkanes of at least 4 members (excludes halogenated alkanes) is 3. The van der Waals surface area contributed by atoms with Gasteiger partial charge < -0.3 is 9.47 Å². The Labute approximate surface area is 147 Å². The summed E-state index contributed by atoms with van der Waals surface area (Å²) < 4.78 is 11.1. The molecule has 4 nitrogen and oxygen atoms in total. The Bertz CT molecular complexity index is 414. The van der Waals surface area contributed by atoms with Gasteiger partial charge in [0.15, 0.2) is 0 Å². The first kappa shape index (κ1) is 20.7. The molecule has 0 aromatic rings. The quantitative estimate of drug-likeness (QED) is 0.330. The van der Waals surface area contributed by atoms with Crippen molar-refractivity contribution in [3.63, 3.8) is 0 Å². The number of hydrogen-bond donors (Lipinski definition) is 0. The molecule has 0 radical (unpaired) electrons. The van der Waals surface area contributed by atoms with E-state index in [-0.39, 0.29) is 24.0 Å². The molecular formula is C20H34O4. The first-order chi connectivity index (χ1) is 11.5. The number of hydrogen-bond acceptors (Lipinski definition) is 4. The van der Waals surface area contributed by atoms with Crippen LogP contribution in [0.1, 0.15) is 72.6 Å². The van der Waals surface area contributed by atoms with Gasteiger partial charge in [-0.2, -0.15) is 0 Å². The molecule has 1 aliphatic carbocycles. The predicted octanol–water partition coefficient (Wildman–Crippen LogP) is 4.67. The molecule has 0 N–H and O–H groups in total. The zero-order chi connectivity index (χ0) is 17.9. The SMILES string of the molecule is CCCCCCOC(=O)C1CC=CCC1C(=O)OC(CC)C(C)C. The van der Waals surface area contributed by atoms with Crippen LogP contribution >= 0.6 is 0 Å². The second-order valence-electron chi connectivity index (χ2n) is 7.01. The highest BCUT2D eigenvalue weighted by molar-refractivity contribution is 5.82. The van der Waals surface area contributed by atoms with Crippen molar-refractivity contribution >= 4 is 11.9 Å². The molecule has 0 fully saturated rings. The van der Waals surface area contributed by atoms with E-state index in [1.807, 2.05) is 32.9 Å². The van der Waals surface area contributed by atoms with Crippen LogP contribution in [0.5, 0.6) is 0 Å². The lowest BCUT2D eigenvalue weighted by atomic mass is 9.83. The summed E-state index contributed by atoms with van der Waals surface area (Å²) >= 11 is 0. The number of carbonyl (C=O) groups excluding carboxylic acids is 2. The molecule has 4 heteroatoms. The normalized spacial score (nSPS) is 21.5. The van der Waals surface area contributed by atoms with Crippen molar-refractivity contribution in [1.29, 1.82) is 0 Å². The summed E-state index contributed by atoms with van der Waals surface area (Å²) in [6.07, 6.45) is 10.0. The Balaban J connectivity index is 2.56. The average Bonchev–Trinajstić information content (AvgIpc) is 2.58. The van der Waals surface area contributed by atoms with Crippen LogP contribution in [0.2, 0.25) is 0 Å². The lowest BCUT2D eigenvalue weighted by Gasteiger charge is -2.28. The second-order valence-corrected chi connectivity index (χ2v) is 7.01. The van der Waals surface area contributed by atoms with Crippen molar-refractivity contribution in [2.45, 2.75) is 78.7 Å². The molecule has 0 aromatic carbocycles. The van der Waals surface area contributed by atoms with Gasteiger partial charge in [-0.25, -0.2) is 0 Å². The lowest BCUT2D eigenvalue weighted by molar-refractivity contribution is -0.166. The van der Waals surface area contributed by atoms with Gasteiger partial charge >= 0.3 is 11.9 Å². The summed E-state index contributed by atoms with van der Waals surface area (Å²) in [4.78, 5) is 24.9. The molecule has 1 aliphatic rings. The van der Waals surface area contributed by atoms with Gasteiger partial charge in [0.1, 0.15) is 6.10 Å². The molecule has 0 saturated heterocycles. The summed E-state index contributed by atoms with van der Waals surface area (Å²) in [5.41, 5.74) is 0. The summed E-state index contributed by atoms with van der Waals surface area (Å²) in [5.74, 6) is -1.05.